The molecule has 2 saturated heterocycles. The van der Waals surface area contributed by atoms with Gasteiger partial charge in [-0.3, -0.25) is 9.58 Å². The fourth-order valence-electron chi connectivity index (χ4n) is 7.64. The Labute approximate surface area is 320 Å². The van der Waals surface area contributed by atoms with Crippen LogP contribution in [0.5, 0.6) is 11.6 Å². The van der Waals surface area contributed by atoms with Gasteiger partial charge >= 0.3 is 0 Å². The molecule has 1 saturated carbocycles. The molecule has 2 bridgehead atoms. The number of benzene rings is 1. The lowest BCUT2D eigenvalue weighted by Gasteiger charge is -2.43. The van der Waals surface area contributed by atoms with Crippen LogP contribution in [-0.2, 0) is 25.5 Å². The highest BCUT2D eigenvalue weighted by molar-refractivity contribution is 6.32. The quantitative estimate of drug-likeness (QED) is 0.120. The zero-order valence-corrected chi connectivity index (χ0v) is 31.9. The predicted molar refractivity (Wildman–Crippen MR) is 200 cm³/mol. The van der Waals surface area contributed by atoms with Crippen molar-refractivity contribution < 1.29 is 28.4 Å². The summed E-state index contributed by atoms with van der Waals surface area (Å²) >= 11 is 6.49. The Morgan fingerprint density at radius 2 is 1.61 bits per heavy atom. The fourth-order valence-corrected chi connectivity index (χ4v) is 7.80. The Balaban J connectivity index is 0.979. The number of morpholine rings is 1. The zero-order chi connectivity index (χ0) is 37.1. The van der Waals surface area contributed by atoms with E-state index < -0.39 is 0 Å². The van der Waals surface area contributed by atoms with Crippen molar-refractivity contribution in [2.75, 3.05) is 65.3 Å². The Morgan fingerprint density at radius 1 is 0.889 bits per heavy atom. The molecule has 54 heavy (non-hydrogen) atoms. The van der Waals surface area contributed by atoms with E-state index in [-0.39, 0.29) is 6.10 Å². The monoisotopic (exact) mass is 766 g/mol. The van der Waals surface area contributed by atoms with E-state index in [1.807, 2.05) is 25.3 Å². The number of rotatable bonds is 20. The highest BCUT2D eigenvalue weighted by Gasteiger charge is 2.42. The second-order valence-corrected chi connectivity index (χ2v) is 14.5. The summed E-state index contributed by atoms with van der Waals surface area (Å²) in [6, 6.07) is 7.68. The highest BCUT2D eigenvalue weighted by atomic mass is 35.5. The third-order valence-corrected chi connectivity index (χ3v) is 10.6. The van der Waals surface area contributed by atoms with Gasteiger partial charge in [0.1, 0.15) is 23.9 Å². The van der Waals surface area contributed by atoms with E-state index in [0.717, 1.165) is 55.7 Å². The first-order chi connectivity index (χ1) is 26.5. The molecular formula is C37H51ClN10O6. The first-order valence-corrected chi connectivity index (χ1v) is 19.4. The maximum absolute atomic E-state index is 6.49. The molecule has 16 nitrogen and oxygen atoms in total. The Kier molecular flexibility index (Phi) is 13.6. The van der Waals surface area contributed by atoms with Crippen molar-refractivity contribution in [1.29, 1.82) is 0 Å². The summed E-state index contributed by atoms with van der Waals surface area (Å²) in [6.07, 6.45) is 14.6. The lowest BCUT2D eigenvalue weighted by atomic mass is 9.89. The number of nitrogens with zero attached hydrogens (tertiary/aromatic N) is 9. The van der Waals surface area contributed by atoms with Gasteiger partial charge in [-0.2, -0.15) is 0 Å². The Morgan fingerprint density at radius 3 is 2.35 bits per heavy atom. The van der Waals surface area contributed by atoms with E-state index in [0.29, 0.717) is 99.4 Å². The first kappa shape index (κ1) is 38.3. The number of ether oxygens (including phenoxy) is 6. The van der Waals surface area contributed by atoms with Crippen molar-refractivity contribution in [3.63, 3.8) is 0 Å². The summed E-state index contributed by atoms with van der Waals surface area (Å²) in [5.41, 5.74) is 2.41. The number of hydrogen-bond acceptors (Lipinski definition) is 14. The van der Waals surface area contributed by atoms with Gasteiger partial charge in [0, 0.05) is 56.2 Å². The van der Waals surface area contributed by atoms with E-state index in [4.69, 9.17) is 45.1 Å². The molecule has 4 aromatic rings. The third kappa shape index (κ3) is 10.0. The smallest absolute Gasteiger partial charge is 0.256 e. The topological polar surface area (TPSA) is 158 Å². The van der Waals surface area contributed by atoms with Gasteiger partial charge in [0.2, 0.25) is 5.95 Å². The van der Waals surface area contributed by atoms with Gasteiger partial charge in [0.05, 0.1) is 70.1 Å². The lowest BCUT2D eigenvalue weighted by molar-refractivity contribution is -0.0458. The van der Waals surface area contributed by atoms with Crippen LogP contribution >= 0.6 is 11.6 Å². The standard InChI is InChI=1S/C37H51ClN10O6/c1-26(21-46-25-41-44-45-46)54-35-18-27(4-11-33(35)38)28-19-39-37(40-20-28)42-34-22-47(43-36(34)53-13-3-12-50-16-17-51-15-14-49-2)29-5-7-30(8-6-29)48-31-9-10-32(48)24-52-23-31/h4,11,18-20,22,25-26,29-32H,3,5-10,12-17,21,23-24H2,1-2H3,(H,39,40,42)/t26-,29?,30?,31-,32+/m0/s1. The molecule has 1 N–H and O–H groups in total. The molecule has 0 spiro atoms. The van der Waals surface area contributed by atoms with Gasteiger partial charge in [0.15, 0.2) is 0 Å². The van der Waals surface area contributed by atoms with Gasteiger partial charge in [0.25, 0.3) is 5.88 Å². The third-order valence-electron chi connectivity index (χ3n) is 10.3. The Bertz CT molecular complexity index is 1710. The van der Waals surface area contributed by atoms with Crippen LogP contribution < -0.4 is 14.8 Å². The lowest BCUT2D eigenvalue weighted by Crippen LogP contribution is -2.52. The maximum Gasteiger partial charge on any atom is 0.256 e. The van der Waals surface area contributed by atoms with Gasteiger partial charge in [-0.05, 0) is 73.6 Å². The summed E-state index contributed by atoms with van der Waals surface area (Å²) in [4.78, 5) is 12.1. The number of hydrogen-bond donors (Lipinski definition) is 1. The number of nitrogens with one attached hydrogen (secondary N) is 1. The molecule has 17 heteroatoms. The minimum Gasteiger partial charge on any atom is -0.487 e. The SMILES string of the molecule is COCCOCCOCCCOc1nn(C2CCC(N3[C@@H]4CC[C@H]3COC4)CC2)cc1Nc1ncc(-c2ccc(Cl)c(O[C@@H](C)Cn3cnnn3)c2)cn1. The van der Waals surface area contributed by atoms with Gasteiger partial charge in [-0.25, -0.2) is 14.6 Å². The second kappa shape index (κ2) is 19.1. The van der Waals surface area contributed by atoms with E-state index in [1.54, 1.807) is 36.6 Å². The van der Waals surface area contributed by atoms with Crippen LogP contribution in [0, 0.1) is 0 Å². The predicted octanol–water partition coefficient (Wildman–Crippen LogP) is 4.99. The number of anilines is 2. The van der Waals surface area contributed by atoms with E-state index in [9.17, 15) is 0 Å². The number of halogens is 1. The summed E-state index contributed by atoms with van der Waals surface area (Å²) in [6.45, 7) is 7.38. The molecule has 3 aliphatic rings. The van der Waals surface area contributed by atoms with Crippen LogP contribution in [0.4, 0.5) is 11.6 Å². The first-order valence-electron chi connectivity index (χ1n) is 19.0. The normalized spacial score (nSPS) is 22.0. The van der Waals surface area contributed by atoms with Crippen molar-refractivity contribution in [2.45, 2.75) is 88.7 Å². The molecule has 0 radical (unpaired) electrons. The van der Waals surface area contributed by atoms with Crippen LogP contribution in [-0.4, -0.2) is 129 Å². The van der Waals surface area contributed by atoms with Gasteiger partial charge < -0.3 is 33.7 Å². The van der Waals surface area contributed by atoms with Gasteiger partial charge in [-0.1, -0.05) is 17.7 Å². The molecule has 292 valence electrons. The molecule has 3 atom stereocenters. The number of aromatic nitrogens is 8. The number of fused-ring (bicyclic) bond motifs is 2. The average Bonchev–Trinajstić information content (AvgIpc) is 3.91. The van der Waals surface area contributed by atoms with Crippen molar-refractivity contribution in [3.8, 4) is 22.8 Å². The van der Waals surface area contributed by atoms with Crippen LogP contribution in [0.3, 0.4) is 0 Å². The Hall–Kier alpha value is -3.93. The summed E-state index contributed by atoms with van der Waals surface area (Å²) < 4.78 is 38.1. The summed E-state index contributed by atoms with van der Waals surface area (Å²) in [7, 11) is 1.66. The van der Waals surface area contributed by atoms with Crippen molar-refractivity contribution in [2.24, 2.45) is 0 Å². The molecule has 3 fully saturated rings. The number of tetrazole rings is 1. The molecule has 5 heterocycles. The molecule has 7 rings (SSSR count). The largest absolute Gasteiger partial charge is 0.487 e. The zero-order valence-electron chi connectivity index (χ0n) is 31.1. The van der Waals surface area contributed by atoms with Gasteiger partial charge in [-0.15, -0.1) is 10.2 Å². The molecule has 0 unspecified atom stereocenters. The highest BCUT2D eigenvalue weighted by Crippen LogP contribution is 2.39. The van der Waals surface area contributed by atoms with E-state index in [2.05, 4.69) is 40.4 Å². The minimum absolute atomic E-state index is 0.213. The van der Waals surface area contributed by atoms with Crippen LogP contribution in [0.1, 0.15) is 57.9 Å². The maximum atomic E-state index is 6.49. The minimum atomic E-state index is -0.213. The van der Waals surface area contributed by atoms with Crippen molar-refractivity contribution >= 4 is 23.2 Å². The molecular weight excluding hydrogens is 716 g/mol. The molecule has 3 aromatic heterocycles. The van der Waals surface area contributed by atoms with Crippen molar-refractivity contribution in [1.82, 2.24) is 44.9 Å². The average molecular weight is 767 g/mol. The molecule has 1 aliphatic carbocycles. The molecule has 1 aromatic carbocycles. The van der Waals surface area contributed by atoms with E-state index in [1.165, 1.54) is 12.8 Å². The van der Waals surface area contributed by atoms with Crippen LogP contribution in [0.25, 0.3) is 11.1 Å². The number of methoxy groups -OCH3 is 1. The molecule has 2 aliphatic heterocycles. The van der Waals surface area contributed by atoms with Crippen molar-refractivity contribution in [3.05, 3.63) is 48.1 Å². The van der Waals surface area contributed by atoms with E-state index >= 15 is 0 Å². The molecule has 0 amide bonds. The summed E-state index contributed by atoms with van der Waals surface area (Å²) in [5, 5.41) is 20.1. The fraction of sp³-hybridized carbons (Fsp3) is 0.622. The van der Waals surface area contributed by atoms with Crippen LogP contribution in [0.2, 0.25) is 5.02 Å². The summed E-state index contributed by atoms with van der Waals surface area (Å²) in [5.74, 6) is 1.51. The second-order valence-electron chi connectivity index (χ2n) is 14.1. The van der Waals surface area contributed by atoms with Crippen LogP contribution in [0.15, 0.2) is 43.1 Å².